The Morgan fingerprint density at radius 3 is 2.50 bits per heavy atom. The van der Waals surface area contributed by atoms with Gasteiger partial charge in [-0.05, 0) is 41.8 Å². The van der Waals surface area contributed by atoms with E-state index in [9.17, 15) is 13.2 Å². The molecule has 6 N–H and O–H groups in total. The molecule has 0 radical (unpaired) electrons. The lowest BCUT2D eigenvalue weighted by atomic mass is 9.98. The minimum absolute atomic E-state index is 0.00716. The molecule has 0 saturated heterocycles. The minimum Gasteiger partial charge on any atom is -0.481 e. The van der Waals surface area contributed by atoms with E-state index in [1.165, 1.54) is 18.2 Å². The lowest BCUT2D eigenvalue weighted by Crippen LogP contribution is -2.21. The summed E-state index contributed by atoms with van der Waals surface area (Å²) in [5.41, 5.74) is 6.69. The zero-order chi connectivity index (χ0) is 19.3. The fourth-order valence-electron chi connectivity index (χ4n) is 2.40. The van der Waals surface area contributed by atoms with E-state index in [0.717, 1.165) is 5.56 Å². The number of nitrogens with one attached hydrogen (secondary N) is 3. The van der Waals surface area contributed by atoms with E-state index < -0.39 is 16.0 Å². The number of carboxylic acids is 1. The predicted molar refractivity (Wildman–Crippen MR) is 99.9 cm³/mol. The quantitative estimate of drug-likeness (QED) is 0.370. The summed E-state index contributed by atoms with van der Waals surface area (Å²) in [4.78, 5) is 10.9. The number of hydrogen-bond donors (Lipinski definition) is 5. The molecule has 0 fully saturated rings. The normalized spacial score (nSPS) is 12.2. The van der Waals surface area contributed by atoms with E-state index >= 15 is 0 Å². The van der Waals surface area contributed by atoms with Crippen molar-refractivity contribution in [1.82, 2.24) is 0 Å². The molecule has 0 aliphatic rings. The van der Waals surface area contributed by atoms with Gasteiger partial charge in [0.2, 0.25) is 0 Å². The molecular weight excluding hydrogens is 356 g/mol. The van der Waals surface area contributed by atoms with Gasteiger partial charge >= 0.3 is 5.97 Å². The maximum atomic E-state index is 12.6. The van der Waals surface area contributed by atoms with Crippen LogP contribution in [0.4, 0.5) is 11.4 Å². The van der Waals surface area contributed by atoms with E-state index in [1.54, 1.807) is 37.3 Å². The summed E-state index contributed by atoms with van der Waals surface area (Å²) < 4.78 is 27.6. The summed E-state index contributed by atoms with van der Waals surface area (Å²) in [6.07, 6.45) is -0.0467. The van der Waals surface area contributed by atoms with Crippen LogP contribution in [0.25, 0.3) is 0 Å². The largest absolute Gasteiger partial charge is 0.481 e. The summed E-state index contributed by atoms with van der Waals surface area (Å²) >= 11 is 0. The highest BCUT2D eigenvalue weighted by Gasteiger charge is 2.16. The second-order valence-corrected chi connectivity index (χ2v) is 7.48. The first-order valence-electron chi connectivity index (χ1n) is 7.73. The first-order chi connectivity index (χ1) is 12.2. The molecule has 0 amide bonds. The Hall–Kier alpha value is -3.07. The molecule has 1 atom stereocenters. The molecule has 2 aromatic rings. The zero-order valence-corrected chi connectivity index (χ0v) is 14.9. The number of hydrogen-bond acceptors (Lipinski definition) is 4. The van der Waals surface area contributed by atoms with Crippen LogP contribution in [0.5, 0.6) is 0 Å². The van der Waals surface area contributed by atoms with Crippen LogP contribution in [0.3, 0.4) is 0 Å². The standard InChI is InChI=1S/C17H20N4O4S/c1-11(8-16(22)23)12-4-2-6-14(9-12)21-26(24,25)15-7-3-5-13(10-15)20-17(18)19/h2-7,9-11,21H,8H2,1H3,(H,22,23)(H4,18,19,20). The Morgan fingerprint density at radius 2 is 1.85 bits per heavy atom. The number of carbonyl (C=O) groups is 1. The van der Waals surface area contributed by atoms with Gasteiger partial charge in [-0.2, -0.15) is 0 Å². The summed E-state index contributed by atoms with van der Waals surface area (Å²) in [7, 11) is -3.85. The second kappa shape index (κ2) is 7.87. The first kappa shape index (κ1) is 19.3. The third kappa shape index (κ3) is 5.21. The third-order valence-electron chi connectivity index (χ3n) is 3.61. The highest BCUT2D eigenvalue weighted by molar-refractivity contribution is 7.92. The molecule has 9 heteroatoms. The molecule has 26 heavy (non-hydrogen) atoms. The van der Waals surface area contributed by atoms with Crippen LogP contribution in [0.2, 0.25) is 0 Å². The van der Waals surface area contributed by atoms with E-state index in [2.05, 4.69) is 10.0 Å². The van der Waals surface area contributed by atoms with Crippen molar-refractivity contribution in [3.8, 4) is 0 Å². The van der Waals surface area contributed by atoms with Crippen molar-refractivity contribution in [2.75, 3.05) is 10.0 Å². The van der Waals surface area contributed by atoms with Gasteiger partial charge in [0.15, 0.2) is 5.96 Å². The van der Waals surface area contributed by atoms with Gasteiger partial charge in [-0.15, -0.1) is 0 Å². The van der Waals surface area contributed by atoms with Crippen LogP contribution in [0.1, 0.15) is 24.8 Å². The van der Waals surface area contributed by atoms with Crippen LogP contribution in [-0.4, -0.2) is 25.5 Å². The van der Waals surface area contributed by atoms with Gasteiger partial charge in [0.25, 0.3) is 10.0 Å². The Balaban J connectivity index is 2.24. The molecule has 0 aromatic heterocycles. The molecule has 0 aliphatic carbocycles. The number of benzene rings is 2. The SMILES string of the molecule is CC(CC(=O)O)c1cccc(NS(=O)(=O)c2cccc(NC(=N)N)c2)c1. The van der Waals surface area contributed by atoms with Crippen LogP contribution in [-0.2, 0) is 14.8 Å². The van der Waals surface area contributed by atoms with Gasteiger partial charge in [-0.25, -0.2) is 8.42 Å². The number of carboxylic acid groups (broad SMARTS) is 1. The number of nitrogens with two attached hydrogens (primary N) is 1. The maximum absolute atomic E-state index is 12.6. The summed E-state index contributed by atoms with van der Waals surface area (Å²) in [5, 5.41) is 18.6. The van der Waals surface area contributed by atoms with Crippen LogP contribution in [0.15, 0.2) is 53.4 Å². The van der Waals surface area contributed by atoms with Gasteiger partial charge in [-0.3, -0.25) is 14.9 Å². The first-order valence-corrected chi connectivity index (χ1v) is 9.21. The number of aliphatic carboxylic acids is 1. The van der Waals surface area contributed by atoms with E-state index in [4.69, 9.17) is 16.2 Å². The molecule has 0 heterocycles. The third-order valence-corrected chi connectivity index (χ3v) is 4.99. The number of anilines is 2. The minimum atomic E-state index is -3.85. The Labute approximate surface area is 151 Å². The summed E-state index contributed by atoms with van der Waals surface area (Å²) in [5.74, 6) is -1.47. The molecule has 0 bridgehead atoms. The van der Waals surface area contributed by atoms with Crippen molar-refractivity contribution >= 4 is 33.3 Å². The summed E-state index contributed by atoms with van der Waals surface area (Å²) in [6.45, 7) is 1.76. The van der Waals surface area contributed by atoms with Crippen LogP contribution < -0.4 is 15.8 Å². The predicted octanol–water partition coefficient (Wildman–Crippen LogP) is 2.37. The van der Waals surface area contributed by atoms with E-state index in [1.807, 2.05) is 0 Å². The number of rotatable bonds is 7. The molecule has 0 saturated carbocycles. The summed E-state index contributed by atoms with van der Waals surface area (Å²) in [6, 6.07) is 12.5. The molecular formula is C17H20N4O4S. The van der Waals surface area contributed by atoms with E-state index in [-0.39, 0.29) is 23.2 Å². The molecule has 1 unspecified atom stereocenters. The maximum Gasteiger partial charge on any atom is 0.303 e. The highest BCUT2D eigenvalue weighted by Crippen LogP contribution is 2.24. The van der Waals surface area contributed by atoms with E-state index in [0.29, 0.717) is 11.4 Å². The van der Waals surface area contributed by atoms with Crippen molar-refractivity contribution in [1.29, 1.82) is 5.41 Å². The molecule has 2 aromatic carbocycles. The van der Waals surface area contributed by atoms with Crippen LogP contribution in [0, 0.1) is 5.41 Å². The molecule has 2 rings (SSSR count). The van der Waals surface area contributed by atoms with Crippen LogP contribution >= 0.6 is 0 Å². The van der Waals surface area contributed by atoms with Gasteiger partial charge in [0, 0.05) is 11.4 Å². The lowest BCUT2D eigenvalue weighted by molar-refractivity contribution is -0.137. The molecule has 8 nitrogen and oxygen atoms in total. The molecule has 0 spiro atoms. The Kier molecular flexibility index (Phi) is 5.83. The topological polar surface area (TPSA) is 145 Å². The highest BCUT2D eigenvalue weighted by atomic mass is 32.2. The monoisotopic (exact) mass is 376 g/mol. The van der Waals surface area contributed by atoms with Crippen molar-refractivity contribution < 1.29 is 18.3 Å². The lowest BCUT2D eigenvalue weighted by Gasteiger charge is -2.13. The van der Waals surface area contributed by atoms with Crippen molar-refractivity contribution in [2.45, 2.75) is 24.2 Å². The van der Waals surface area contributed by atoms with Gasteiger partial charge in [-0.1, -0.05) is 25.1 Å². The zero-order valence-electron chi connectivity index (χ0n) is 14.1. The van der Waals surface area contributed by atoms with Crippen molar-refractivity contribution in [3.63, 3.8) is 0 Å². The Morgan fingerprint density at radius 1 is 1.19 bits per heavy atom. The fourth-order valence-corrected chi connectivity index (χ4v) is 3.49. The Bertz CT molecular complexity index is 928. The second-order valence-electron chi connectivity index (χ2n) is 5.80. The van der Waals surface area contributed by atoms with Crippen molar-refractivity contribution in [3.05, 3.63) is 54.1 Å². The van der Waals surface area contributed by atoms with Gasteiger partial charge < -0.3 is 16.2 Å². The number of sulfonamides is 1. The average molecular weight is 376 g/mol. The number of guanidine groups is 1. The van der Waals surface area contributed by atoms with Gasteiger partial charge in [0.05, 0.1) is 11.3 Å². The fraction of sp³-hybridized carbons (Fsp3) is 0.176. The van der Waals surface area contributed by atoms with Gasteiger partial charge in [0.1, 0.15) is 0 Å². The smallest absolute Gasteiger partial charge is 0.303 e. The average Bonchev–Trinajstić information content (AvgIpc) is 2.53. The molecule has 0 aliphatic heterocycles. The molecule has 138 valence electrons. The van der Waals surface area contributed by atoms with Crippen molar-refractivity contribution in [2.24, 2.45) is 5.73 Å².